The molecule has 0 aliphatic rings. The molecule has 0 aromatic heterocycles. The lowest BCUT2D eigenvalue weighted by Gasteiger charge is -2.33. The maximum absolute atomic E-state index is 10.4. The molecule has 1 aromatic carbocycles. The number of methoxy groups -OCH3 is 1. The van der Waals surface area contributed by atoms with Crippen molar-refractivity contribution in [2.45, 2.75) is 32.8 Å². The monoisotopic (exact) mass is 271 g/mol. The van der Waals surface area contributed by atoms with Gasteiger partial charge < -0.3 is 15.6 Å². The molecule has 1 aromatic rings. The minimum absolute atomic E-state index is 0.196. The van der Waals surface area contributed by atoms with Crippen molar-refractivity contribution in [3.8, 4) is 5.75 Å². The molecule has 102 valence electrons. The number of aliphatic hydroxyl groups excluding tert-OH is 1. The second kappa shape index (κ2) is 5.91. The highest BCUT2D eigenvalue weighted by Gasteiger charge is 2.32. The molecule has 4 heteroatoms. The van der Waals surface area contributed by atoms with Gasteiger partial charge in [0.2, 0.25) is 0 Å². The van der Waals surface area contributed by atoms with Crippen LogP contribution >= 0.6 is 11.6 Å². The van der Waals surface area contributed by atoms with Crippen molar-refractivity contribution in [1.29, 1.82) is 0 Å². The van der Waals surface area contributed by atoms with Gasteiger partial charge in [-0.3, -0.25) is 0 Å². The summed E-state index contributed by atoms with van der Waals surface area (Å²) in [4.78, 5) is 0. The summed E-state index contributed by atoms with van der Waals surface area (Å²) in [6.07, 6.45) is -0.560. The number of hydrogen-bond donors (Lipinski definition) is 2. The lowest BCUT2D eigenvalue weighted by Crippen LogP contribution is -2.36. The van der Waals surface area contributed by atoms with Crippen molar-refractivity contribution in [3.63, 3.8) is 0 Å². The Balaban J connectivity index is 3.20. The molecule has 2 unspecified atom stereocenters. The third kappa shape index (κ3) is 3.37. The van der Waals surface area contributed by atoms with Crippen LogP contribution in [-0.2, 0) is 0 Å². The van der Waals surface area contributed by atoms with Gasteiger partial charge in [-0.2, -0.15) is 0 Å². The van der Waals surface area contributed by atoms with E-state index < -0.39 is 6.10 Å². The molecule has 0 bridgehead atoms. The topological polar surface area (TPSA) is 55.5 Å². The predicted molar refractivity (Wildman–Crippen MR) is 75.3 cm³/mol. The Bertz CT molecular complexity index is 401. The van der Waals surface area contributed by atoms with Crippen LogP contribution in [0.15, 0.2) is 18.2 Å². The van der Waals surface area contributed by atoms with E-state index in [-0.39, 0.29) is 11.3 Å². The molecule has 0 spiro atoms. The van der Waals surface area contributed by atoms with Crippen LogP contribution < -0.4 is 10.5 Å². The van der Waals surface area contributed by atoms with E-state index in [1.807, 2.05) is 26.8 Å². The summed E-state index contributed by atoms with van der Waals surface area (Å²) in [7, 11) is 1.60. The van der Waals surface area contributed by atoms with Crippen LogP contribution in [0.2, 0.25) is 5.02 Å². The Morgan fingerprint density at radius 3 is 2.44 bits per heavy atom. The molecule has 0 radical (unpaired) electrons. The maximum atomic E-state index is 10.4. The van der Waals surface area contributed by atoms with Gasteiger partial charge in [0.05, 0.1) is 13.2 Å². The summed E-state index contributed by atoms with van der Waals surface area (Å²) in [6.45, 7) is 6.29. The number of rotatable bonds is 4. The van der Waals surface area contributed by atoms with Crippen LogP contribution in [0.25, 0.3) is 0 Å². The highest BCUT2D eigenvalue weighted by atomic mass is 35.5. The van der Waals surface area contributed by atoms with Crippen molar-refractivity contribution >= 4 is 11.6 Å². The van der Waals surface area contributed by atoms with Crippen LogP contribution in [-0.4, -0.2) is 24.9 Å². The fourth-order valence-corrected chi connectivity index (χ4v) is 2.21. The zero-order valence-corrected chi connectivity index (χ0v) is 12.2. The second-order valence-corrected chi connectivity index (χ2v) is 5.98. The molecule has 0 fully saturated rings. The van der Waals surface area contributed by atoms with Crippen molar-refractivity contribution in [2.24, 2.45) is 11.1 Å². The molecule has 0 heterocycles. The number of ether oxygens (including phenoxy) is 1. The largest absolute Gasteiger partial charge is 0.496 e. The maximum Gasteiger partial charge on any atom is 0.122 e. The third-order valence-electron chi connectivity index (χ3n) is 3.11. The first-order valence-electron chi connectivity index (χ1n) is 6.02. The third-order valence-corrected chi connectivity index (χ3v) is 3.35. The quantitative estimate of drug-likeness (QED) is 0.885. The van der Waals surface area contributed by atoms with Crippen molar-refractivity contribution in [3.05, 3.63) is 28.8 Å². The SMILES string of the molecule is COc1ccc(Cl)cc1C(CN)C(O)C(C)(C)C. The van der Waals surface area contributed by atoms with Gasteiger partial charge in [0.1, 0.15) is 5.75 Å². The van der Waals surface area contributed by atoms with Crippen LogP contribution in [0.3, 0.4) is 0 Å². The predicted octanol–water partition coefficient (Wildman–Crippen LogP) is 2.80. The van der Waals surface area contributed by atoms with E-state index in [4.69, 9.17) is 22.1 Å². The molecule has 0 saturated carbocycles. The minimum Gasteiger partial charge on any atom is -0.496 e. The van der Waals surface area contributed by atoms with E-state index in [0.717, 1.165) is 5.56 Å². The van der Waals surface area contributed by atoms with Gasteiger partial charge in [0.25, 0.3) is 0 Å². The Kier molecular flexibility index (Phi) is 5.02. The lowest BCUT2D eigenvalue weighted by molar-refractivity contribution is 0.0401. The molecule has 0 aliphatic carbocycles. The van der Waals surface area contributed by atoms with Crippen molar-refractivity contribution in [1.82, 2.24) is 0 Å². The summed E-state index contributed by atoms with van der Waals surface area (Å²) in [6, 6.07) is 5.38. The normalized spacial score (nSPS) is 15.3. The van der Waals surface area contributed by atoms with E-state index in [9.17, 15) is 5.11 Å². The zero-order chi connectivity index (χ0) is 13.9. The molecule has 2 atom stereocenters. The van der Waals surface area contributed by atoms with Gasteiger partial charge >= 0.3 is 0 Å². The molecule has 0 amide bonds. The van der Waals surface area contributed by atoms with Crippen LogP contribution in [0.5, 0.6) is 5.75 Å². The first-order chi connectivity index (χ1) is 8.31. The van der Waals surface area contributed by atoms with Crippen LogP contribution in [0.1, 0.15) is 32.3 Å². The van der Waals surface area contributed by atoms with Crippen LogP contribution in [0.4, 0.5) is 0 Å². The van der Waals surface area contributed by atoms with E-state index >= 15 is 0 Å². The summed E-state index contributed by atoms with van der Waals surface area (Å²) in [5.74, 6) is 0.511. The van der Waals surface area contributed by atoms with Gasteiger partial charge in [-0.1, -0.05) is 32.4 Å². The number of halogens is 1. The van der Waals surface area contributed by atoms with Gasteiger partial charge in [-0.05, 0) is 23.6 Å². The molecule has 1 rings (SSSR count). The summed E-state index contributed by atoms with van der Waals surface area (Å²) in [5, 5.41) is 11.0. The molecule has 3 nitrogen and oxygen atoms in total. The van der Waals surface area contributed by atoms with Crippen molar-refractivity contribution in [2.75, 3.05) is 13.7 Å². The first-order valence-corrected chi connectivity index (χ1v) is 6.40. The Labute approximate surface area is 114 Å². The fraction of sp³-hybridized carbons (Fsp3) is 0.571. The van der Waals surface area contributed by atoms with E-state index in [1.54, 1.807) is 19.2 Å². The molecule has 0 aliphatic heterocycles. The fourth-order valence-electron chi connectivity index (χ4n) is 2.02. The summed E-state index contributed by atoms with van der Waals surface area (Å²) < 4.78 is 5.32. The number of aliphatic hydroxyl groups is 1. The van der Waals surface area contributed by atoms with E-state index in [0.29, 0.717) is 17.3 Å². The highest BCUT2D eigenvalue weighted by Crippen LogP contribution is 2.36. The smallest absolute Gasteiger partial charge is 0.122 e. The van der Waals surface area contributed by atoms with Gasteiger partial charge in [0, 0.05) is 23.0 Å². The number of hydrogen-bond acceptors (Lipinski definition) is 3. The minimum atomic E-state index is -0.560. The first kappa shape index (κ1) is 15.3. The number of benzene rings is 1. The standard InChI is InChI=1S/C14H22ClNO2/c1-14(2,3)13(17)11(8-16)10-7-9(15)5-6-12(10)18-4/h5-7,11,13,17H,8,16H2,1-4H3. The van der Waals surface area contributed by atoms with Gasteiger partial charge in [-0.25, -0.2) is 0 Å². The van der Waals surface area contributed by atoms with Gasteiger partial charge in [-0.15, -0.1) is 0 Å². The van der Waals surface area contributed by atoms with E-state index in [1.165, 1.54) is 0 Å². The van der Waals surface area contributed by atoms with Crippen molar-refractivity contribution < 1.29 is 9.84 Å². The average molecular weight is 272 g/mol. The Hall–Kier alpha value is -0.770. The second-order valence-electron chi connectivity index (χ2n) is 5.54. The number of nitrogens with two attached hydrogens (primary N) is 1. The van der Waals surface area contributed by atoms with Gasteiger partial charge in [0.15, 0.2) is 0 Å². The summed E-state index contributed by atoms with van der Waals surface area (Å²) in [5.41, 5.74) is 6.42. The Morgan fingerprint density at radius 2 is 2.00 bits per heavy atom. The summed E-state index contributed by atoms with van der Waals surface area (Å²) >= 11 is 6.02. The molecule has 0 saturated heterocycles. The average Bonchev–Trinajstić information content (AvgIpc) is 2.29. The molecule has 3 N–H and O–H groups in total. The molecular weight excluding hydrogens is 250 g/mol. The lowest BCUT2D eigenvalue weighted by atomic mass is 9.78. The molecular formula is C14H22ClNO2. The molecule has 18 heavy (non-hydrogen) atoms. The van der Waals surface area contributed by atoms with Crippen LogP contribution in [0, 0.1) is 5.41 Å². The van der Waals surface area contributed by atoms with E-state index in [2.05, 4.69) is 0 Å². The Morgan fingerprint density at radius 1 is 1.39 bits per heavy atom. The zero-order valence-electron chi connectivity index (χ0n) is 11.4. The highest BCUT2D eigenvalue weighted by molar-refractivity contribution is 6.30.